The first kappa shape index (κ1) is 16.9. The molecule has 0 aromatic rings. The van der Waals surface area contributed by atoms with Crippen LogP contribution in [0.15, 0.2) is 0 Å². The van der Waals surface area contributed by atoms with Crippen LogP contribution in [0.4, 0.5) is 0 Å². The lowest BCUT2D eigenvalue weighted by Crippen LogP contribution is -2.50. The van der Waals surface area contributed by atoms with Crippen LogP contribution in [0, 0.1) is 0 Å². The molecule has 0 radical (unpaired) electrons. The molecule has 1 fully saturated rings. The molecular formula is C12H22N2O5S. The molecule has 2 N–H and O–H groups in total. The highest BCUT2D eigenvalue weighted by atomic mass is 32.2. The molecule has 1 unspecified atom stereocenters. The van der Waals surface area contributed by atoms with Gasteiger partial charge in [0.15, 0.2) is 9.84 Å². The van der Waals surface area contributed by atoms with Crippen molar-refractivity contribution in [3.05, 3.63) is 0 Å². The normalized spacial score (nSPS) is 22.6. The summed E-state index contributed by atoms with van der Waals surface area (Å²) in [5, 5.41) is 11.6. The van der Waals surface area contributed by atoms with E-state index in [1.54, 1.807) is 4.90 Å². The smallest absolute Gasteiger partial charge is 0.304 e. The molecule has 1 aliphatic heterocycles. The first-order chi connectivity index (χ1) is 9.19. The summed E-state index contributed by atoms with van der Waals surface area (Å²) in [5.74, 6) is -1.26. The summed E-state index contributed by atoms with van der Waals surface area (Å²) in [4.78, 5) is 24.2. The van der Waals surface area contributed by atoms with E-state index in [0.29, 0.717) is 6.54 Å². The Morgan fingerprint density at radius 1 is 1.40 bits per heavy atom. The predicted molar refractivity (Wildman–Crippen MR) is 74.2 cm³/mol. The Kier molecular flexibility index (Phi) is 5.94. The molecule has 0 aliphatic carbocycles. The van der Waals surface area contributed by atoms with Crippen LogP contribution in [0.2, 0.25) is 0 Å². The van der Waals surface area contributed by atoms with Gasteiger partial charge in [-0.15, -0.1) is 0 Å². The number of carbonyl (C=O) groups is 2. The number of hydrogen-bond acceptors (Lipinski definition) is 5. The lowest BCUT2D eigenvalue weighted by atomic mass is 10.2. The van der Waals surface area contributed by atoms with Crippen LogP contribution < -0.4 is 5.32 Å². The molecule has 0 aromatic heterocycles. The molecule has 0 bridgehead atoms. The Balaban J connectivity index is 2.57. The van der Waals surface area contributed by atoms with E-state index in [4.69, 9.17) is 5.11 Å². The average Bonchev–Trinajstić information content (AvgIpc) is 2.25. The highest BCUT2D eigenvalue weighted by Gasteiger charge is 2.32. The fourth-order valence-corrected chi connectivity index (χ4v) is 3.84. The summed E-state index contributed by atoms with van der Waals surface area (Å²) < 4.78 is 23.1. The third-order valence-electron chi connectivity index (χ3n) is 3.14. The summed E-state index contributed by atoms with van der Waals surface area (Å²) in [6, 6.07) is -0.489. The van der Waals surface area contributed by atoms with E-state index in [-0.39, 0.29) is 42.8 Å². The van der Waals surface area contributed by atoms with Gasteiger partial charge in [0.25, 0.3) is 0 Å². The molecule has 20 heavy (non-hydrogen) atoms. The maximum absolute atomic E-state index is 11.6. The molecule has 1 amide bonds. The zero-order valence-corrected chi connectivity index (χ0v) is 12.6. The molecule has 0 aromatic carbocycles. The van der Waals surface area contributed by atoms with Gasteiger partial charge in [0, 0.05) is 31.6 Å². The first-order valence-electron chi connectivity index (χ1n) is 6.65. The van der Waals surface area contributed by atoms with E-state index in [0.717, 1.165) is 0 Å². The number of amides is 1. The number of carboxylic acid groups (broad SMARTS) is 1. The fraction of sp³-hybridized carbons (Fsp3) is 0.833. The van der Waals surface area contributed by atoms with Gasteiger partial charge in [-0.25, -0.2) is 8.42 Å². The maximum atomic E-state index is 11.6. The fourth-order valence-electron chi connectivity index (χ4n) is 2.24. The zero-order valence-electron chi connectivity index (χ0n) is 11.8. The molecule has 1 aliphatic rings. The second-order valence-electron chi connectivity index (χ2n) is 5.37. The Hall–Kier alpha value is -1.15. The second-order valence-corrected chi connectivity index (χ2v) is 7.60. The molecule has 0 spiro atoms. The number of sulfone groups is 1. The van der Waals surface area contributed by atoms with Gasteiger partial charge in [0.1, 0.15) is 0 Å². The quantitative estimate of drug-likeness (QED) is 0.684. The van der Waals surface area contributed by atoms with Gasteiger partial charge in [0.05, 0.1) is 17.9 Å². The molecule has 8 heteroatoms. The maximum Gasteiger partial charge on any atom is 0.304 e. The summed E-state index contributed by atoms with van der Waals surface area (Å²) in [7, 11) is -3.17. The molecular weight excluding hydrogens is 284 g/mol. The van der Waals surface area contributed by atoms with Gasteiger partial charge in [-0.05, 0) is 13.8 Å². The minimum atomic E-state index is -3.17. The summed E-state index contributed by atoms with van der Waals surface area (Å²) in [5.41, 5.74) is 0. The third-order valence-corrected chi connectivity index (χ3v) is 4.84. The van der Waals surface area contributed by atoms with Crippen LogP contribution in [0.3, 0.4) is 0 Å². The van der Waals surface area contributed by atoms with E-state index in [2.05, 4.69) is 5.32 Å². The number of carbonyl (C=O) groups excluding carboxylic acids is 1. The molecule has 1 saturated heterocycles. The third kappa shape index (κ3) is 5.87. The number of nitrogens with one attached hydrogen (secondary N) is 1. The topological polar surface area (TPSA) is 104 Å². The first-order valence-corrected chi connectivity index (χ1v) is 8.47. The van der Waals surface area contributed by atoms with Crippen LogP contribution in [-0.4, -0.2) is 67.0 Å². The van der Waals surface area contributed by atoms with Crippen molar-refractivity contribution in [1.29, 1.82) is 0 Å². The standard InChI is InChI=1S/C12H22N2O5S/c1-9(2)13-11(15)3-4-14-5-6-20(18,19)8-10(14)7-12(16)17/h9-10H,3-8H2,1-2H3,(H,13,15)(H,16,17). The summed E-state index contributed by atoms with van der Waals surface area (Å²) in [6.07, 6.45) is 0.0272. The van der Waals surface area contributed by atoms with Crippen LogP contribution in [-0.2, 0) is 19.4 Å². The van der Waals surface area contributed by atoms with Gasteiger partial charge < -0.3 is 10.4 Å². The van der Waals surface area contributed by atoms with Crippen LogP contribution in [0.1, 0.15) is 26.7 Å². The van der Waals surface area contributed by atoms with Crippen LogP contribution in [0.25, 0.3) is 0 Å². The van der Waals surface area contributed by atoms with Crippen molar-refractivity contribution in [3.63, 3.8) is 0 Å². The number of hydrogen-bond donors (Lipinski definition) is 2. The van der Waals surface area contributed by atoms with Crippen molar-refractivity contribution in [1.82, 2.24) is 10.2 Å². The van der Waals surface area contributed by atoms with Crippen molar-refractivity contribution in [2.45, 2.75) is 38.8 Å². The highest BCUT2D eigenvalue weighted by molar-refractivity contribution is 7.91. The van der Waals surface area contributed by atoms with E-state index in [9.17, 15) is 18.0 Å². The Bertz CT molecular complexity index is 460. The van der Waals surface area contributed by atoms with E-state index in [1.165, 1.54) is 0 Å². The summed E-state index contributed by atoms with van der Waals surface area (Å²) >= 11 is 0. The number of carboxylic acids is 1. The lowest BCUT2D eigenvalue weighted by Gasteiger charge is -2.34. The van der Waals surface area contributed by atoms with Gasteiger partial charge >= 0.3 is 5.97 Å². The van der Waals surface area contributed by atoms with Gasteiger partial charge in [-0.1, -0.05) is 0 Å². The largest absolute Gasteiger partial charge is 0.481 e. The average molecular weight is 306 g/mol. The van der Waals surface area contributed by atoms with Crippen molar-refractivity contribution < 1.29 is 23.1 Å². The van der Waals surface area contributed by atoms with Gasteiger partial charge in [-0.2, -0.15) is 0 Å². The molecule has 0 saturated carbocycles. The van der Waals surface area contributed by atoms with E-state index < -0.39 is 21.8 Å². The van der Waals surface area contributed by atoms with Crippen molar-refractivity contribution in [3.8, 4) is 0 Å². The monoisotopic (exact) mass is 306 g/mol. The van der Waals surface area contributed by atoms with Crippen molar-refractivity contribution >= 4 is 21.7 Å². The number of rotatable bonds is 6. The Morgan fingerprint density at radius 3 is 2.60 bits per heavy atom. The van der Waals surface area contributed by atoms with Crippen molar-refractivity contribution in [2.24, 2.45) is 0 Å². The SMILES string of the molecule is CC(C)NC(=O)CCN1CCS(=O)(=O)CC1CC(=O)O. The predicted octanol–water partition coefficient (Wildman–Crippen LogP) is -0.525. The molecule has 1 heterocycles. The van der Waals surface area contributed by atoms with Crippen LogP contribution in [0.5, 0.6) is 0 Å². The molecule has 1 atom stereocenters. The van der Waals surface area contributed by atoms with Crippen molar-refractivity contribution in [2.75, 3.05) is 24.6 Å². The minimum absolute atomic E-state index is 0.0227. The second kappa shape index (κ2) is 7.03. The van der Waals surface area contributed by atoms with E-state index in [1.807, 2.05) is 13.8 Å². The molecule has 7 nitrogen and oxygen atoms in total. The highest BCUT2D eigenvalue weighted by Crippen LogP contribution is 2.15. The van der Waals surface area contributed by atoms with Gasteiger partial charge in [-0.3, -0.25) is 14.5 Å². The van der Waals surface area contributed by atoms with E-state index >= 15 is 0 Å². The van der Waals surface area contributed by atoms with Gasteiger partial charge in [0.2, 0.25) is 5.91 Å². The zero-order chi connectivity index (χ0) is 15.3. The number of nitrogens with zero attached hydrogens (tertiary/aromatic N) is 1. The molecule has 1 rings (SSSR count). The minimum Gasteiger partial charge on any atom is -0.481 e. The summed E-state index contributed by atoms with van der Waals surface area (Å²) in [6.45, 7) is 4.39. The Labute approximate surface area is 119 Å². The lowest BCUT2D eigenvalue weighted by molar-refractivity contribution is -0.138. The molecule has 116 valence electrons. The number of aliphatic carboxylic acids is 1. The van der Waals surface area contributed by atoms with Crippen LogP contribution >= 0.6 is 0 Å². The Morgan fingerprint density at radius 2 is 2.05 bits per heavy atom.